The van der Waals surface area contributed by atoms with Gasteiger partial charge in [-0.2, -0.15) is 0 Å². The number of rotatable bonds is 8. The molecule has 2 atom stereocenters. The first-order valence-electron chi connectivity index (χ1n) is 12.0. The number of fused-ring (bicyclic) bond motifs is 1. The lowest BCUT2D eigenvalue weighted by molar-refractivity contribution is -0.0262. The largest absolute Gasteiger partial charge is 0.490 e. The van der Waals surface area contributed by atoms with Crippen LogP contribution in [0.2, 0.25) is 0 Å². The molecule has 2 aliphatic rings. The number of hydrogen-bond acceptors (Lipinski definition) is 5. The zero-order valence-corrected chi connectivity index (χ0v) is 20.7. The van der Waals surface area contributed by atoms with Gasteiger partial charge in [0.2, 0.25) is 0 Å². The van der Waals surface area contributed by atoms with Gasteiger partial charge in [0.25, 0.3) is 0 Å². The van der Waals surface area contributed by atoms with Crippen LogP contribution >= 0.6 is 11.9 Å². The Balaban J connectivity index is 1.53. The Bertz CT molecular complexity index is 864. The van der Waals surface area contributed by atoms with Crippen LogP contribution in [0.5, 0.6) is 5.75 Å². The molecule has 2 aliphatic heterocycles. The summed E-state index contributed by atoms with van der Waals surface area (Å²) in [6, 6.07) is 15.6. The van der Waals surface area contributed by atoms with Crippen molar-refractivity contribution in [1.82, 2.24) is 0 Å². The lowest BCUT2D eigenvalue weighted by Crippen LogP contribution is -2.36. The van der Waals surface area contributed by atoms with Crippen LogP contribution in [0.3, 0.4) is 0 Å². The van der Waals surface area contributed by atoms with Gasteiger partial charge in [-0.25, -0.2) is 0 Å². The molecule has 4 rings (SSSR count). The summed E-state index contributed by atoms with van der Waals surface area (Å²) in [5, 5.41) is 0. The van der Waals surface area contributed by atoms with Gasteiger partial charge in [0.15, 0.2) is 0 Å². The molecular weight excluding hydrogens is 418 g/mol. The summed E-state index contributed by atoms with van der Waals surface area (Å²) in [5.41, 5.74) is 3.79. The van der Waals surface area contributed by atoms with Crippen LogP contribution in [-0.2, 0) is 15.9 Å². The van der Waals surface area contributed by atoms with Gasteiger partial charge in [0.05, 0.1) is 6.10 Å². The first-order chi connectivity index (χ1) is 15.6. The summed E-state index contributed by atoms with van der Waals surface area (Å²) in [6.07, 6.45) is 4.42. The first-order valence-corrected chi connectivity index (χ1v) is 12.8. The van der Waals surface area contributed by atoms with Crippen molar-refractivity contribution in [2.45, 2.75) is 63.6 Å². The molecule has 0 N–H and O–H groups in total. The molecule has 2 heterocycles. The molecule has 0 aromatic heterocycles. The summed E-state index contributed by atoms with van der Waals surface area (Å²) < 4.78 is 20.4. The van der Waals surface area contributed by atoms with Gasteiger partial charge in [-0.3, -0.25) is 0 Å². The monoisotopic (exact) mass is 455 g/mol. The average molecular weight is 456 g/mol. The highest BCUT2D eigenvalue weighted by Crippen LogP contribution is 2.43. The van der Waals surface area contributed by atoms with Gasteiger partial charge in [0.1, 0.15) is 11.9 Å². The van der Waals surface area contributed by atoms with Crippen LogP contribution in [-0.4, -0.2) is 33.0 Å². The Morgan fingerprint density at radius 1 is 1.09 bits per heavy atom. The molecule has 174 valence electrons. The van der Waals surface area contributed by atoms with Gasteiger partial charge < -0.3 is 18.5 Å². The second-order valence-electron chi connectivity index (χ2n) is 9.33. The molecule has 1 saturated heterocycles. The molecule has 1 fully saturated rings. The molecular formula is C27H37NO3S. The van der Waals surface area contributed by atoms with Crippen molar-refractivity contribution < 1.29 is 14.2 Å². The van der Waals surface area contributed by atoms with Crippen molar-refractivity contribution in [1.29, 1.82) is 0 Å². The van der Waals surface area contributed by atoms with Crippen molar-refractivity contribution in [2.75, 3.05) is 31.2 Å². The Labute approximate surface area is 197 Å². The standard InChI is InChI=1S/C27H37NO3S/c1-5-20-6-8-22(9-7-20)28(18-19(2)3)32-23-10-11-25-24(16-23)27(29-4)17-26(31-25)21-12-14-30-15-13-21/h6-11,16,19,21,26-27H,5,12-15,17-18H2,1-4H3. The van der Waals surface area contributed by atoms with E-state index in [2.05, 4.69) is 67.5 Å². The topological polar surface area (TPSA) is 30.9 Å². The minimum absolute atomic E-state index is 0.0783. The highest BCUT2D eigenvalue weighted by atomic mass is 32.2. The lowest BCUT2D eigenvalue weighted by Gasteiger charge is -2.37. The predicted molar refractivity (Wildman–Crippen MR) is 133 cm³/mol. The molecule has 0 aliphatic carbocycles. The number of nitrogens with zero attached hydrogens (tertiary/aromatic N) is 1. The number of anilines is 1. The van der Waals surface area contributed by atoms with Gasteiger partial charge in [-0.15, -0.1) is 0 Å². The fourth-order valence-electron chi connectivity index (χ4n) is 4.64. The maximum atomic E-state index is 6.48. The minimum atomic E-state index is 0.0783. The average Bonchev–Trinajstić information content (AvgIpc) is 2.83. The van der Waals surface area contributed by atoms with Crippen LogP contribution < -0.4 is 9.04 Å². The summed E-state index contributed by atoms with van der Waals surface area (Å²) in [4.78, 5) is 1.22. The van der Waals surface area contributed by atoms with E-state index in [0.29, 0.717) is 11.8 Å². The fraction of sp³-hybridized carbons (Fsp3) is 0.556. The van der Waals surface area contributed by atoms with E-state index in [9.17, 15) is 0 Å². The number of benzene rings is 2. The summed E-state index contributed by atoms with van der Waals surface area (Å²) in [7, 11) is 1.82. The molecule has 32 heavy (non-hydrogen) atoms. The first kappa shape index (κ1) is 23.5. The molecule has 2 aromatic carbocycles. The van der Waals surface area contributed by atoms with Crippen molar-refractivity contribution in [3.63, 3.8) is 0 Å². The molecule has 0 bridgehead atoms. The number of aryl methyl sites for hydroxylation is 1. The molecule has 0 saturated carbocycles. The van der Waals surface area contributed by atoms with E-state index in [4.69, 9.17) is 14.2 Å². The Hall–Kier alpha value is -1.69. The van der Waals surface area contributed by atoms with Crippen molar-refractivity contribution in [3.8, 4) is 5.75 Å². The van der Waals surface area contributed by atoms with Crippen molar-refractivity contribution in [2.24, 2.45) is 11.8 Å². The normalized spacial score (nSPS) is 21.3. The van der Waals surface area contributed by atoms with E-state index in [1.54, 1.807) is 11.9 Å². The van der Waals surface area contributed by atoms with E-state index >= 15 is 0 Å². The fourth-order valence-corrected chi connectivity index (χ4v) is 5.81. The summed E-state index contributed by atoms with van der Waals surface area (Å²) in [5.74, 6) is 2.10. The van der Waals surface area contributed by atoms with Crippen molar-refractivity contribution in [3.05, 3.63) is 53.6 Å². The highest BCUT2D eigenvalue weighted by molar-refractivity contribution is 8.00. The van der Waals surface area contributed by atoms with Gasteiger partial charge in [0, 0.05) is 55.4 Å². The van der Waals surface area contributed by atoms with E-state index in [1.807, 2.05) is 7.11 Å². The lowest BCUT2D eigenvalue weighted by atomic mass is 9.87. The van der Waals surface area contributed by atoms with Crippen LogP contribution in [0, 0.1) is 11.8 Å². The van der Waals surface area contributed by atoms with Crippen LogP contribution in [0.4, 0.5) is 5.69 Å². The highest BCUT2D eigenvalue weighted by Gasteiger charge is 2.34. The number of hydrogen-bond donors (Lipinski definition) is 0. The maximum Gasteiger partial charge on any atom is 0.125 e. The van der Waals surface area contributed by atoms with E-state index < -0.39 is 0 Å². The molecule has 0 radical (unpaired) electrons. The Kier molecular flexibility index (Phi) is 8.03. The SMILES string of the molecule is CCc1ccc(N(CC(C)C)Sc2ccc3c(c2)C(OC)CC(C2CCOCC2)O3)cc1. The second kappa shape index (κ2) is 11.0. The molecule has 2 aromatic rings. The van der Waals surface area contributed by atoms with E-state index in [1.165, 1.54) is 21.7 Å². The third kappa shape index (κ3) is 5.62. The minimum Gasteiger partial charge on any atom is -0.490 e. The van der Waals surface area contributed by atoms with Crippen LogP contribution in [0.15, 0.2) is 47.4 Å². The molecule has 4 nitrogen and oxygen atoms in total. The number of methoxy groups -OCH3 is 1. The van der Waals surface area contributed by atoms with Gasteiger partial charge in [-0.05, 0) is 73.0 Å². The number of ether oxygens (including phenoxy) is 3. The molecule has 0 spiro atoms. The second-order valence-corrected chi connectivity index (χ2v) is 10.4. The van der Waals surface area contributed by atoms with Crippen LogP contribution in [0.25, 0.3) is 0 Å². The third-order valence-corrected chi connectivity index (χ3v) is 7.55. The maximum absolute atomic E-state index is 6.48. The molecule has 0 amide bonds. The summed E-state index contributed by atoms with van der Waals surface area (Å²) in [6.45, 7) is 9.41. The van der Waals surface area contributed by atoms with Gasteiger partial charge >= 0.3 is 0 Å². The van der Waals surface area contributed by atoms with Crippen LogP contribution in [0.1, 0.15) is 57.3 Å². The quantitative estimate of drug-likeness (QED) is 0.414. The van der Waals surface area contributed by atoms with Gasteiger partial charge in [-0.1, -0.05) is 32.9 Å². The third-order valence-electron chi connectivity index (χ3n) is 6.51. The zero-order chi connectivity index (χ0) is 22.5. The van der Waals surface area contributed by atoms with E-state index in [-0.39, 0.29) is 12.2 Å². The summed E-state index contributed by atoms with van der Waals surface area (Å²) >= 11 is 1.80. The molecule has 5 heteroatoms. The zero-order valence-electron chi connectivity index (χ0n) is 19.9. The van der Waals surface area contributed by atoms with E-state index in [0.717, 1.165) is 51.2 Å². The Morgan fingerprint density at radius 2 is 1.84 bits per heavy atom. The smallest absolute Gasteiger partial charge is 0.125 e. The Morgan fingerprint density at radius 3 is 2.50 bits per heavy atom. The van der Waals surface area contributed by atoms with Crippen molar-refractivity contribution >= 4 is 17.6 Å². The molecule has 2 unspecified atom stereocenters. The predicted octanol–water partition coefficient (Wildman–Crippen LogP) is 6.68.